The highest BCUT2D eigenvalue weighted by molar-refractivity contribution is 4.92. The lowest BCUT2D eigenvalue weighted by molar-refractivity contribution is 0.260. The monoisotopic (exact) mass is 156 g/mol. The topological polar surface area (TPSA) is 77.0 Å². The predicted molar refractivity (Wildman–Crippen MR) is 39.7 cm³/mol. The number of aliphatic hydroxyl groups is 1. The maximum absolute atomic E-state index is 8.72. The van der Waals surface area contributed by atoms with Crippen molar-refractivity contribution in [1.82, 2.24) is 14.8 Å². The molecule has 3 N–H and O–H groups in total. The van der Waals surface area contributed by atoms with E-state index in [1.54, 1.807) is 10.9 Å². The van der Waals surface area contributed by atoms with E-state index in [0.29, 0.717) is 5.82 Å². The molecule has 0 aliphatic carbocycles. The zero-order valence-corrected chi connectivity index (χ0v) is 6.44. The van der Waals surface area contributed by atoms with E-state index in [4.69, 9.17) is 10.8 Å². The average molecular weight is 156 g/mol. The van der Waals surface area contributed by atoms with Gasteiger partial charge in [0.2, 0.25) is 0 Å². The van der Waals surface area contributed by atoms with Crippen molar-refractivity contribution in [3.63, 3.8) is 0 Å². The molecule has 5 nitrogen and oxygen atoms in total. The van der Waals surface area contributed by atoms with Crippen LogP contribution >= 0.6 is 0 Å². The molecule has 1 atom stereocenters. The lowest BCUT2D eigenvalue weighted by atomic mass is 10.3. The zero-order valence-electron chi connectivity index (χ0n) is 6.44. The summed E-state index contributed by atoms with van der Waals surface area (Å²) in [5.41, 5.74) is 5.54. The van der Waals surface area contributed by atoms with E-state index < -0.39 is 6.04 Å². The number of aromatic nitrogens is 3. The Bertz CT molecular complexity index is 222. The molecule has 1 rings (SSSR count). The molecule has 0 fully saturated rings. The summed E-state index contributed by atoms with van der Waals surface area (Å²) < 4.78 is 1.81. The summed E-state index contributed by atoms with van der Waals surface area (Å²) in [6.07, 6.45) is 1.60. The van der Waals surface area contributed by atoms with Gasteiger partial charge in [0.15, 0.2) is 5.82 Å². The molecule has 0 spiro atoms. The van der Waals surface area contributed by atoms with Crippen LogP contribution in [0.4, 0.5) is 0 Å². The Balaban J connectivity index is 2.83. The van der Waals surface area contributed by atoms with E-state index in [9.17, 15) is 0 Å². The molecule has 0 unspecified atom stereocenters. The Morgan fingerprint density at radius 2 is 2.55 bits per heavy atom. The van der Waals surface area contributed by atoms with Gasteiger partial charge in [0, 0.05) is 6.54 Å². The van der Waals surface area contributed by atoms with Gasteiger partial charge in [-0.15, -0.1) is 10.2 Å². The first kappa shape index (κ1) is 8.16. The van der Waals surface area contributed by atoms with Crippen molar-refractivity contribution in [1.29, 1.82) is 0 Å². The Morgan fingerprint density at radius 3 is 3.09 bits per heavy atom. The van der Waals surface area contributed by atoms with Crippen LogP contribution in [0.2, 0.25) is 0 Å². The van der Waals surface area contributed by atoms with Crippen LogP contribution in [0.1, 0.15) is 18.8 Å². The second-order valence-electron chi connectivity index (χ2n) is 2.26. The third-order valence-corrected chi connectivity index (χ3v) is 1.51. The molecule has 5 heteroatoms. The van der Waals surface area contributed by atoms with Crippen molar-refractivity contribution in [3.8, 4) is 0 Å². The molecule has 1 aromatic rings. The molecule has 0 saturated heterocycles. The van der Waals surface area contributed by atoms with Crippen molar-refractivity contribution in [3.05, 3.63) is 12.2 Å². The fourth-order valence-corrected chi connectivity index (χ4v) is 0.876. The average Bonchev–Trinajstić information content (AvgIpc) is 2.50. The minimum atomic E-state index is -0.419. The first-order chi connectivity index (χ1) is 5.29. The standard InChI is InChI=1S/C6H12N4O/c1-2-10-4-8-9-6(10)5(7)3-11/h4-5,11H,2-3,7H2,1H3/t5-/m0/s1. The molecule has 0 aliphatic rings. The van der Waals surface area contributed by atoms with Crippen LogP contribution < -0.4 is 5.73 Å². The summed E-state index contributed by atoms with van der Waals surface area (Å²) in [6, 6.07) is -0.419. The molecule has 0 bridgehead atoms. The van der Waals surface area contributed by atoms with E-state index in [-0.39, 0.29) is 6.61 Å². The van der Waals surface area contributed by atoms with Crippen LogP contribution in [-0.2, 0) is 6.54 Å². The fraction of sp³-hybridized carbons (Fsp3) is 0.667. The molecule has 0 saturated carbocycles. The maximum atomic E-state index is 8.72. The van der Waals surface area contributed by atoms with Crippen molar-refractivity contribution >= 4 is 0 Å². The normalized spacial score (nSPS) is 13.4. The highest BCUT2D eigenvalue weighted by Crippen LogP contribution is 2.04. The van der Waals surface area contributed by atoms with Crippen LogP contribution in [0.5, 0.6) is 0 Å². The molecule has 0 aliphatic heterocycles. The van der Waals surface area contributed by atoms with Gasteiger partial charge >= 0.3 is 0 Å². The van der Waals surface area contributed by atoms with Crippen LogP contribution in [0.15, 0.2) is 6.33 Å². The molecule has 0 radical (unpaired) electrons. The van der Waals surface area contributed by atoms with Gasteiger partial charge < -0.3 is 15.4 Å². The third-order valence-electron chi connectivity index (χ3n) is 1.51. The number of nitrogens with zero attached hydrogens (tertiary/aromatic N) is 3. The van der Waals surface area contributed by atoms with Crippen molar-refractivity contribution in [2.24, 2.45) is 5.73 Å². The first-order valence-corrected chi connectivity index (χ1v) is 3.53. The summed E-state index contributed by atoms with van der Waals surface area (Å²) in [4.78, 5) is 0. The first-order valence-electron chi connectivity index (χ1n) is 3.53. The minimum Gasteiger partial charge on any atom is -0.394 e. The summed E-state index contributed by atoms with van der Waals surface area (Å²) in [5, 5.41) is 16.2. The van der Waals surface area contributed by atoms with Gasteiger partial charge in [-0.2, -0.15) is 0 Å². The van der Waals surface area contributed by atoms with Crippen LogP contribution in [0.25, 0.3) is 0 Å². The number of rotatable bonds is 3. The number of hydrogen-bond donors (Lipinski definition) is 2. The summed E-state index contributed by atoms with van der Waals surface area (Å²) in [7, 11) is 0. The molecular formula is C6H12N4O. The highest BCUT2D eigenvalue weighted by atomic mass is 16.3. The Morgan fingerprint density at radius 1 is 1.82 bits per heavy atom. The van der Waals surface area contributed by atoms with Crippen LogP contribution in [0.3, 0.4) is 0 Å². The summed E-state index contributed by atoms with van der Waals surface area (Å²) in [5.74, 6) is 0.634. The van der Waals surface area contributed by atoms with Gasteiger partial charge in [-0.05, 0) is 6.92 Å². The van der Waals surface area contributed by atoms with E-state index >= 15 is 0 Å². The largest absolute Gasteiger partial charge is 0.394 e. The van der Waals surface area contributed by atoms with Gasteiger partial charge in [-0.1, -0.05) is 0 Å². The van der Waals surface area contributed by atoms with Crippen LogP contribution in [0, 0.1) is 0 Å². The highest BCUT2D eigenvalue weighted by Gasteiger charge is 2.10. The molecule has 0 amide bonds. The van der Waals surface area contributed by atoms with E-state index in [1.807, 2.05) is 6.92 Å². The maximum Gasteiger partial charge on any atom is 0.152 e. The van der Waals surface area contributed by atoms with E-state index in [0.717, 1.165) is 6.54 Å². The van der Waals surface area contributed by atoms with Crippen molar-refractivity contribution in [2.45, 2.75) is 19.5 Å². The Kier molecular flexibility index (Phi) is 2.56. The quantitative estimate of drug-likeness (QED) is 0.606. The van der Waals surface area contributed by atoms with Gasteiger partial charge in [0.05, 0.1) is 12.6 Å². The van der Waals surface area contributed by atoms with Crippen molar-refractivity contribution < 1.29 is 5.11 Å². The Hall–Kier alpha value is -0.940. The number of nitrogens with two attached hydrogens (primary N) is 1. The zero-order chi connectivity index (χ0) is 8.27. The molecule has 1 aromatic heterocycles. The van der Waals surface area contributed by atoms with E-state index in [2.05, 4.69) is 10.2 Å². The number of aryl methyl sites for hydroxylation is 1. The Labute approximate surface area is 64.9 Å². The van der Waals surface area contributed by atoms with Gasteiger partial charge in [-0.3, -0.25) is 0 Å². The molecule has 1 heterocycles. The number of hydrogen-bond acceptors (Lipinski definition) is 4. The predicted octanol–water partition coefficient (Wildman–Crippen LogP) is -0.710. The molecular weight excluding hydrogens is 144 g/mol. The molecule has 62 valence electrons. The lowest BCUT2D eigenvalue weighted by Gasteiger charge is -2.07. The third kappa shape index (κ3) is 1.55. The van der Waals surface area contributed by atoms with Crippen LogP contribution in [-0.4, -0.2) is 26.5 Å². The fourth-order valence-electron chi connectivity index (χ4n) is 0.876. The second kappa shape index (κ2) is 3.45. The second-order valence-corrected chi connectivity index (χ2v) is 2.26. The lowest BCUT2D eigenvalue weighted by Crippen LogP contribution is -2.19. The SMILES string of the molecule is CCn1cnnc1[C@@H](N)CO. The number of aliphatic hydroxyl groups excluding tert-OH is 1. The molecule has 11 heavy (non-hydrogen) atoms. The molecule has 0 aromatic carbocycles. The summed E-state index contributed by atoms with van der Waals surface area (Å²) >= 11 is 0. The smallest absolute Gasteiger partial charge is 0.152 e. The van der Waals surface area contributed by atoms with E-state index in [1.165, 1.54) is 0 Å². The van der Waals surface area contributed by atoms with Crippen molar-refractivity contribution in [2.75, 3.05) is 6.61 Å². The summed E-state index contributed by atoms with van der Waals surface area (Å²) in [6.45, 7) is 2.64. The van der Waals surface area contributed by atoms with Gasteiger partial charge in [0.1, 0.15) is 6.33 Å². The van der Waals surface area contributed by atoms with Gasteiger partial charge in [0.25, 0.3) is 0 Å². The van der Waals surface area contributed by atoms with Gasteiger partial charge in [-0.25, -0.2) is 0 Å². The minimum absolute atomic E-state index is 0.0985.